The number of carbonyl (C=O) groups is 2. The lowest BCUT2D eigenvalue weighted by molar-refractivity contribution is -0.144. The number of carbonyl (C=O) groups excluding carboxylic acids is 1. The van der Waals surface area contributed by atoms with E-state index in [9.17, 15) is 14.7 Å². The molecule has 5 nitrogen and oxygen atoms in total. The van der Waals surface area contributed by atoms with E-state index in [2.05, 4.69) is 0 Å². The summed E-state index contributed by atoms with van der Waals surface area (Å²) in [6.45, 7) is 2.39. The van der Waals surface area contributed by atoms with E-state index >= 15 is 0 Å². The Kier molecular flexibility index (Phi) is 5.03. The van der Waals surface area contributed by atoms with Crippen LogP contribution in [0.4, 0.5) is 16.2 Å². The van der Waals surface area contributed by atoms with Crippen molar-refractivity contribution in [2.24, 2.45) is 5.92 Å². The van der Waals surface area contributed by atoms with Gasteiger partial charge in [-0.1, -0.05) is 36.4 Å². The Morgan fingerprint density at radius 3 is 2.00 bits per heavy atom. The van der Waals surface area contributed by atoms with Crippen LogP contribution in [0.25, 0.3) is 0 Å². The summed E-state index contributed by atoms with van der Waals surface area (Å²) in [6.07, 6.45) is 1.31. The number of carboxylic acid groups (broad SMARTS) is 1. The molecule has 0 aromatic heterocycles. The van der Waals surface area contributed by atoms with Crippen molar-refractivity contribution < 1.29 is 14.7 Å². The summed E-state index contributed by atoms with van der Waals surface area (Å²) in [5.74, 6) is -1.36. The Bertz CT molecular complexity index is 694. The number of benzene rings is 2. The van der Waals surface area contributed by atoms with Gasteiger partial charge in [0.05, 0.1) is 17.3 Å². The van der Waals surface area contributed by atoms with Gasteiger partial charge in [0.15, 0.2) is 0 Å². The average Bonchev–Trinajstić information content (AvgIpc) is 2.63. The van der Waals surface area contributed by atoms with Crippen LogP contribution in [-0.2, 0) is 4.79 Å². The lowest BCUT2D eigenvalue weighted by atomic mass is 9.90. The van der Waals surface area contributed by atoms with Gasteiger partial charge in [0, 0.05) is 12.6 Å². The van der Waals surface area contributed by atoms with Gasteiger partial charge >= 0.3 is 12.0 Å². The van der Waals surface area contributed by atoms with Crippen LogP contribution >= 0.6 is 0 Å². The van der Waals surface area contributed by atoms with Crippen LogP contribution in [-0.4, -0.2) is 34.6 Å². The molecule has 5 heteroatoms. The number of carboxylic acids is 1. The second-order valence-electron chi connectivity index (χ2n) is 6.31. The number of rotatable bonds is 3. The molecule has 2 amide bonds. The van der Waals surface area contributed by atoms with Gasteiger partial charge in [0.25, 0.3) is 0 Å². The van der Waals surface area contributed by atoms with Crippen LogP contribution in [0.15, 0.2) is 60.7 Å². The van der Waals surface area contributed by atoms with Crippen molar-refractivity contribution in [1.29, 1.82) is 0 Å². The Hall–Kier alpha value is -2.82. The van der Waals surface area contributed by atoms with Crippen molar-refractivity contribution in [2.45, 2.75) is 25.8 Å². The molecule has 0 saturated carbocycles. The fourth-order valence-corrected chi connectivity index (χ4v) is 3.40. The standard InChI is InChI=1S/C20H22N2O3/c1-15-18(19(23)24)13-8-14-21(15)20(25)22(16-9-4-2-5-10-16)17-11-6-3-7-12-17/h2-7,9-12,15,18H,8,13-14H2,1H3,(H,23,24)/t15-,18-/m1/s1. The normalized spacial score (nSPS) is 20.1. The Labute approximate surface area is 147 Å². The molecular formula is C20H22N2O3. The topological polar surface area (TPSA) is 60.9 Å². The molecule has 0 radical (unpaired) electrons. The zero-order valence-corrected chi connectivity index (χ0v) is 14.2. The first-order valence-corrected chi connectivity index (χ1v) is 8.53. The molecule has 1 saturated heterocycles. The molecule has 1 N–H and O–H groups in total. The van der Waals surface area contributed by atoms with E-state index in [1.54, 1.807) is 9.80 Å². The fourth-order valence-electron chi connectivity index (χ4n) is 3.40. The lowest BCUT2D eigenvalue weighted by Gasteiger charge is -2.40. The van der Waals surface area contributed by atoms with Crippen molar-refractivity contribution in [1.82, 2.24) is 4.90 Å². The molecule has 25 heavy (non-hydrogen) atoms. The molecule has 1 heterocycles. The maximum Gasteiger partial charge on any atom is 0.329 e. The first kappa shape index (κ1) is 17.0. The molecule has 0 bridgehead atoms. The summed E-state index contributed by atoms with van der Waals surface area (Å²) in [5.41, 5.74) is 1.53. The summed E-state index contributed by atoms with van der Waals surface area (Å²) in [6, 6.07) is 18.4. The third-order valence-corrected chi connectivity index (χ3v) is 4.77. The van der Waals surface area contributed by atoms with Gasteiger partial charge in [-0.25, -0.2) is 4.79 Å². The minimum atomic E-state index is -0.837. The molecule has 0 unspecified atom stereocenters. The Morgan fingerprint density at radius 1 is 1.00 bits per heavy atom. The van der Waals surface area contributed by atoms with Gasteiger partial charge in [-0.15, -0.1) is 0 Å². The number of amides is 2. The Balaban J connectivity index is 1.96. The van der Waals surface area contributed by atoms with E-state index in [4.69, 9.17) is 0 Å². The van der Waals surface area contributed by atoms with Crippen LogP contribution in [0.1, 0.15) is 19.8 Å². The fraction of sp³-hybridized carbons (Fsp3) is 0.300. The predicted octanol–water partition coefficient (Wildman–Crippen LogP) is 4.13. The quantitative estimate of drug-likeness (QED) is 0.915. The van der Waals surface area contributed by atoms with Gasteiger partial charge in [0.1, 0.15) is 0 Å². The van der Waals surface area contributed by atoms with Crippen molar-refractivity contribution in [3.8, 4) is 0 Å². The minimum absolute atomic E-state index is 0.184. The van der Waals surface area contributed by atoms with E-state index < -0.39 is 11.9 Å². The molecule has 1 aliphatic rings. The Morgan fingerprint density at radius 2 is 1.52 bits per heavy atom. The maximum absolute atomic E-state index is 13.3. The number of para-hydroxylation sites is 2. The van der Waals surface area contributed by atoms with Crippen molar-refractivity contribution in [3.63, 3.8) is 0 Å². The molecule has 0 spiro atoms. The number of nitrogens with zero attached hydrogens (tertiary/aromatic N) is 2. The molecule has 2 atom stereocenters. The SMILES string of the molecule is C[C@@H]1[C@H](C(=O)O)CCCN1C(=O)N(c1ccccc1)c1ccccc1. The number of anilines is 2. The summed E-state index contributed by atoms with van der Waals surface area (Å²) >= 11 is 0. The van der Waals surface area contributed by atoms with Gasteiger partial charge < -0.3 is 10.0 Å². The number of hydrogen-bond donors (Lipinski definition) is 1. The van der Waals surface area contributed by atoms with E-state index in [-0.39, 0.29) is 12.1 Å². The predicted molar refractivity (Wildman–Crippen MR) is 96.9 cm³/mol. The van der Waals surface area contributed by atoms with E-state index in [1.807, 2.05) is 67.6 Å². The van der Waals surface area contributed by atoms with Gasteiger partial charge in [-0.2, -0.15) is 0 Å². The second kappa shape index (κ2) is 7.38. The van der Waals surface area contributed by atoms with E-state index in [0.29, 0.717) is 19.4 Å². The van der Waals surface area contributed by atoms with Gasteiger partial charge in [-0.3, -0.25) is 9.69 Å². The highest BCUT2D eigenvalue weighted by Crippen LogP contribution is 2.30. The maximum atomic E-state index is 13.3. The monoisotopic (exact) mass is 338 g/mol. The van der Waals surface area contributed by atoms with Crippen LogP contribution in [0.3, 0.4) is 0 Å². The van der Waals surface area contributed by atoms with E-state index in [1.165, 1.54) is 0 Å². The lowest BCUT2D eigenvalue weighted by Crippen LogP contribution is -2.52. The average molecular weight is 338 g/mol. The molecule has 130 valence electrons. The highest BCUT2D eigenvalue weighted by atomic mass is 16.4. The van der Waals surface area contributed by atoms with Crippen LogP contribution < -0.4 is 4.90 Å². The first-order valence-electron chi connectivity index (χ1n) is 8.53. The summed E-state index contributed by atoms with van der Waals surface area (Å²) in [7, 11) is 0. The van der Waals surface area contributed by atoms with Crippen molar-refractivity contribution in [3.05, 3.63) is 60.7 Å². The molecule has 3 rings (SSSR count). The van der Waals surface area contributed by atoms with Crippen molar-refractivity contribution in [2.75, 3.05) is 11.4 Å². The molecule has 1 fully saturated rings. The summed E-state index contributed by atoms with van der Waals surface area (Å²) in [4.78, 5) is 28.2. The van der Waals surface area contributed by atoms with Crippen LogP contribution in [0.5, 0.6) is 0 Å². The number of urea groups is 1. The number of aliphatic carboxylic acids is 1. The van der Waals surface area contributed by atoms with Gasteiger partial charge in [-0.05, 0) is 44.0 Å². The second-order valence-corrected chi connectivity index (χ2v) is 6.31. The molecular weight excluding hydrogens is 316 g/mol. The summed E-state index contributed by atoms with van der Waals surface area (Å²) < 4.78 is 0. The zero-order valence-electron chi connectivity index (χ0n) is 14.2. The highest BCUT2D eigenvalue weighted by molar-refractivity contribution is 5.99. The number of likely N-dealkylation sites (tertiary alicyclic amines) is 1. The smallest absolute Gasteiger partial charge is 0.329 e. The molecule has 0 aliphatic carbocycles. The molecule has 2 aromatic rings. The highest BCUT2D eigenvalue weighted by Gasteiger charge is 2.37. The largest absolute Gasteiger partial charge is 0.481 e. The minimum Gasteiger partial charge on any atom is -0.481 e. The van der Waals surface area contributed by atoms with Gasteiger partial charge in [0.2, 0.25) is 0 Å². The van der Waals surface area contributed by atoms with Crippen LogP contribution in [0.2, 0.25) is 0 Å². The first-order chi connectivity index (χ1) is 12.1. The number of piperidine rings is 1. The van der Waals surface area contributed by atoms with Crippen LogP contribution in [0, 0.1) is 5.92 Å². The zero-order chi connectivity index (χ0) is 17.8. The number of hydrogen-bond acceptors (Lipinski definition) is 2. The third-order valence-electron chi connectivity index (χ3n) is 4.77. The van der Waals surface area contributed by atoms with E-state index in [0.717, 1.165) is 11.4 Å². The molecule has 2 aromatic carbocycles. The summed E-state index contributed by atoms with van der Waals surface area (Å²) in [5, 5.41) is 9.43. The van der Waals surface area contributed by atoms with Crippen molar-refractivity contribution >= 4 is 23.4 Å². The molecule has 1 aliphatic heterocycles. The third kappa shape index (κ3) is 3.50.